The zero-order valence-electron chi connectivity index (χ0n) is 10.1. The van der Waals surface area contributed by atoms with E-state index in [4.69, 9.17) is 4.74 Å². The molecule has 1 N–H and O–H groups in total. The highest BCUT2D eigenvalue weighted by Gasteiger charge is 2.07. The number of ether oxygens (including phenoxy) is 1. The SMILES string of the molecule is C=CCn1c(NCCOC)cc(=O)n(C)c1=O. The quantitative estimate of drug-likeness (QED) is 0.551. The van der Waals surface area contributed by atoms with Crippen molar-refractivity contribution in [2.75, 3.05) is 25.6 Å². The van der Waals surface area contributed by atoms with Crippen LogP contribution in [0.1, 0.15) is 0 Å². The Labute approximate surface area is 99.1 Å². The molecule has 1 aromatic heterocycles. The molecule has 1 aromatic rings. The number of hydrogen-bond acceptors (Lipinski definition) is 4. The molecule has 0 radical (unpaired) electrons. The first kappa shape index (κ1) is 13.2. The molecule has 0 bridgehead atoms. The maximum atomic E-state index is 11.8. The topological polar surface area (TPSA) is 65.3 Å². The number of anilines is 1. The molecule has 0 spiro atoms. The second kappa shape index (κ2) is 6.05. The van der Waals surface area contributed by atoms with E-state index in [-0.39, 0.29) is 11.2 Å². The van der Waals surface area contributed by atoms with Gasteiger partial charge in [-0.2, -0.15) is 0 Å². The van der Waals surface area contributed by atoms with Gasteiger partial charge in [0, 0.05) is 33.3 Å². The van der Waals surface area contributed by atoms with Gasteiger partial charge in [0.25, 0.3) is 5.56 Å². The van der Waals surface area contributed by atoms with E-state index in [1.54, 1.807) is 13.2 Å². The molecule has 1 rings (SSSR count). The van der Waals surface area contributed by atoms with Crippen LogP contribution in [0.25, 0.3) is 0 Å². The second-order valence-corrected chi connectivity index (χ2v) is 3.53. The summed E-state index contributed by atoms with van der Waals surface area (Å²) in [4.78, 5) is 23.3. The standard InChI is InChI=1S/C11H17N3O3/c1-4-6-14-9(12-5-7-17-3)8-10(15)13(2)11(14)16/h4,8,12H,1,5-7H2,2-3H3. The lowest BCUT2D eigenvalue weighted by Gasteiger charge is -2.13. The van der Waals surface area contributed by atoms with Gasteiger partial charge in [0.15, 0.2) is 0 Å². The van der Waals surface area contributed by atoms with Gasteiger partial charge in [0.05, 0.1) is 6.61 Å². The summed E-state index contributed by atoms with van der Waals surface area (Å²) in [5.41, 5.74) is -0.701. The predicted octanol–water partition coefficient (Wildman–Crippen LogP) is -0.209. The third-order valence-corrected chi connectivity index (χ3v) is 2.32. The summed E-state index contributed by atoms with van der Waals surface area (Å²) in [6.07, 6.45) is 1.60. The van der Waals surface area contributed by atoms with Gasteiger partial charge in [0.1, 0.15) is 5.82 Å². The van der Waals surface area contributed by atoms with Crippen LogP contribution in [0.5, 0.6) is 0 Å². The van der Waals surface area contributed by atoms with E-state index in [0.717, 1.165) is 4.57 Å². The number of nitrogens with one attached hydrogen (secondary N) is 1. The van der Waals surface area contributed by atoms with Crippen molar-refractivity contribution in [2.24, 2.45) is 7.05 Å². The molecule has 0 aromatic carbocycles. The third kappa shape index (κ3) is 3.07. The van der Waals surface area contributed by atoms with Crippen LogP contribution in [0.4, 0.5) is 5.82 Å². The van der Waals surface area contributed by atoms with E-state index in [2.05, 4.69) is 11.9 Å². The minimum atomic E-state index is -0.364. The highest BCUT2D eigenvalue weighted by Crippen LogP contribution is 2.00. The Bertz CT molecular complexity index is 502. The van der Waals surface area contributed by atoms with E-state index in [9.17, 15) is 9.59 Å². The zero-order valence-corrected chi connectivity index (χ0v) is 10.1. The van der Waals surface area contributed by atoms with Crippen LogP contribution in [-0.2, 0) is 18.3 Å². The second-order valence-electron chi connectivity index (χ2n) is 3.53. The maximum Gasteiger partial charge on any atom is 0.332 e. The molecule has 1 heterocycles. The van der Waals surface area contributed by atoms with Crippen LogP contribution >= 0.6 is 0 Å². The fourth-order valence-electron chi connectivity index (χ4n) is 1.40. The normalized spacial score (nSPS) is 10.2. The average molecular weight is 239 g/mol. The van der Waals surface area contributed by atoms with Gasteiger partial charge >= 0.3 is 5.69 Å². The number of nitrogens with zero attached hydrogens (tertiary/aromatic N) is 2. The van der Waals surface area contributed by atoms with E-state index in [0.29, 0.717) is 25.5 Å². The Hall–Kier alpha value is -1.82. The van der Waals surface area contributed by atoms with Crippen molar-refractivity contribution in [3.63, 3.8) is 0 Å². The molecule has 94 valence electrons. The van der Waals surface area contributed by atoms with Gasteiger partial charge in [-0.15, -0.1) is 6.58 Å². The van der Waals surface area contributed by atoms with Gasteiger partial charge in [-0.25, -0.2) is 4.79 Å². The van der Waals surface area contributed by atoms with Crippen LogP contribution in [0.3, 0.4) is 0 Å². The first-order valence-corrected chi connectivity index (χ1v) is 5.26. The van der Waals surface area contributed by atoms with E-state index in [1.165, 1.54) is 17.7 Å². The summed E-state index contributed by atoms with van der Waals surface area (Å²) in [5.74, 6) is 0.482. The van der Waals surface area contributed by atoms with Crippen LogP contribution in [0.15, 0.2) is 28.3 Å². The fraction of sp³-hybridized carbons (Fsp3) is 0.455. The smallest absolute Gasteiger partial charge is 0.332 e. The fourth-order valence-corrected chi connectivity index (χ4v) is 1.40. The van der Waals surface area contributed by atoms with Crippen molar-refractivity contribution < 1.29 is 4.74 Å². The predicted molar refractivity (Wildman–Crippen MR) is 66.5 cm³/mol. The molecule has 17 heavy (non-hydrogen) atoms. The lowest BCUT2D eigenvalue weighted by molar-refractivity contribution is 0.210. The largest absolute Gasteiger partial charge is 0.383 e. The molecule has 0 atom stereocenters. The Morgan fingerprint density at radius 2 is 2.24 bits per heavy atom. The van der Waals surface area contributed by atoms with Gasteiger partial charge in [-0.05, 0) is 0 Å². The molecule has 0 saturated heterocycles. The number of allylic oxidation sites excluding steroid dienone is 1. The molecule has 0 aliphatic rings. The van der Waals surface area contributed by atoms with Crippen LogP contribution in [0, 0.1) is 0 Å². The highest BCUT2D eigenvalue weighted by atomic mass is 16.5. The Morgan fingerprint density at radius 3 is 2.82 bits per heavy atom. The van der Waals surface area contributed by atoms with Gasteiger partial charge in [0.2, 0.25) is 0 Å². The molecule has 0 fully saturated rings. The maximum absolute atomic E-state index is 11.8. The molecule has 0 aliphatic carbocycles. The number of methoxy groups -OCH3 is 1. The first-order valence-electron chi connectivity index (χ1n) is 5.26. The van der Waals surface area contributed by atoms with Gasteiger partial charge in [-0.3, -0.25) is 13.9 Å². The van der Waals surface area contributed by atoms with Crippen molar-refractivity contribution in [1.82, 2.24) is 9.13 Å². The summed E-state index contributed by atoms with van der Waals surface area (Å²) in [6, 6.07) is 1.39. The molecule has 0 amide bonds. The Kier molecular flexibility index (Phi) is 4.71. The van der Waals surface area contributed by atoms with E-state index >= 15 is 0 Å². The summed E-state index contributed by atoms with van der Waals surface area (Å²) < 4.78 is 7.40. The lowest BCUT2D eigenvalue weighted by Crippen LogP contribution is -2.38. The average Bonchev–Trinajstić information content (AvgIpc) is 2.31. The summed E-state index contributed by atoms with van der Waals surface area (Å²) in [6.45, 7) is 4.96. The molecular formula is C11H17N3O3. The summed E-state index contributed by atoms with van der Waals surface area (Å²) >= 11 is 0. The van der Waals surface area contributed by atoms with Crippen molar-refractivity contribution in [3.05, 3.63) is 39.6 Å². The highest BCUT2D eigenvalue weighted by molar-refractivity contribution is 5.34. The third-order valence-electron chi connectivity index (χ3n) is 2.32. The molecule has 6 heteroatoms. The molecule has 0 saturated carbocycles. The Morgan fingerprint density at radius 1 is 1.53 bits per heavy atom. The van der Waals surface area contributed by atoms with Gasteiger partial charge < -0.3 is 10.1 Å². The van der Waals surface area contributed by atoms with Crippen molar-refractivity contribution in [3.8, 4) is 0 Å². The van der Waals surface area contributed by atoms with Crippen LogP contribution < -0.4 is 16.6 Å². The number of hydrogen-bond donors (Lipinski definition) is 1. The molecule has 0 aliphatic heterocycles. The first-order chi connectivity index (χ1) is 8.11. The monoisotopic (exact) mass is 239 g/mol. The summed E-state index contributed by atoms with van der Waals surface area (Å²) in [5, 5.41) is 2.98. The van der Waals surface area contributed by atoms with Crippen LogP contribution in [0.2, 0.25) is 0 Å². The van der Waals surface area contributed by atoms with E-state index < -0.39 is 0 Å². The zero-order chi connectivity index (χ0) is 12.8. The van der Waals surface area contributed by atoms with Crippen LogP contribution in [-0.4, -0.2) is 29.4 Å². The van der Waals surface area contributed by atoms with Crippen molar-refractivity contribution >= 4 is 5.82 Å². The Balaban J connectivity index is 3.13. The minimum Gasteiger partial charge on any atom is -0.383 e. The number of rotatable bonds is 6. The summed E-state index contributed by atoms with van der Waals surface area (Å²) in [7, 11) is 3.03. The molecular weight excluding hydrogens is 222 g/mol. The minimum absolute atomic E-state index is 0.338. The molecule has 6 nitrogen and oxygen atoms in total. The lowest BCUT2D eigenvalue weighted by atomic mass is 10.4. The van der Waals surface area contributed by atoms with Crippen molar-refractivity contribution in [2.45, 2.75) is 6.54 Å². The van der Waals surface area contributed by atoms with Gasteiger partial charge in [-0.1, -0.05) is 6.08 Å². The van der Waals surface area contributed by atoms with Crippen molar-refractivity contribution in [1.29, 1.82) is 0 Å². The van der Waals surface area contributed by atoms with E-state index in [1.807, 2.05) is 0 Å². The molecule has 0 unspecified atom stereocenters. The number of aromatic nitrogens is 2.